The van der Waals surface area contributed by atoms with E-state index in [0.717, 1.165) is 25.7 Å². The van der Waals surface area contributed by atoms with Crippen molar-refractivity contribution in [2.45, 2.75) is 51.1 Å². The van der Waals surface area contributed by atoms with Crippen LogP contribution in [-0.2, 0) is 6.42 Å². The molecule has 0 aromatic heterocycles. The summed E-state index contributed by atoms with van der Waals surface area (Å²) in [7, 11) is 0. The molecule has 0 spiro atoms. The first-order valence-corrected chi connectivity index (χ1v) is 7.26. The molecule has 0 fully saturated rings. The van der Waals surface area contributed by atoms with Gasteiger partial charge in [0.05, 0.1) is 0 Å². The van der Waals surface area contributed by atoms with Crippen LogP contribution in [-0.4, -0.2) is 29.8 Å². The van der Waals surface area contributed by atoms with Crippen LogP contribution in [0.25, 0.3) is 0 Å². The first-order valence-electron chi connectivity index (χ1n) is 7.26. The lowest BCUT2D eigenvalue weighted by atomic mass is 9.91. The van der Waals surface area contributed by atoms with Crippen LogP contribution in [0.5, 0.6) is 0 Å². The highest BCUT2D eigenvalue weighted by atomic mass is 16.3. The number of aliphatic hydroxyl groups is 1. The molecule has 0 aliphatic heterocycles. The molecule has 4 N–H and O–H groups in total. The molecule has 0 saturated heterocycles. The molecular formula is C16H28N2O. The minimum absolute atomic E-state index is 0.0638. The van der Waals surface area contributed by atoms with Crippen molar-refractivity contribution < 1.29 is 5.11 Å². The maximum Gasteiger partial charge on any atom is 0.0445 e. The summed E-state index contributed by atoms with van der Waals surface area (Å²) in [5.74, 6) is 0. The Hall–Kier alpha value is -0.900. The van der Waals surface area contributed by atoms with Crippen LogP contribution in [0.15, 0.2) is 30.3 Å². The molecule has 1 aromatic carbocycles. The summed E-state index contributed by atoms with van der Waals surface area (Å²) in [5, 5.41) is 12.7. The predicted molar refractivity (Wildman–Crippen MR) is 81.1 cm³/mol. The number of hydrogen-bond acceptors (Lipinski definition) is 3. The minimum atomic E-state index is -0.0638. The lowest BCUT2D eigenvalue weighted by molar-refractivity contribution is 0.228. The van der Waals surface area contributed by atoms with Gasteiger partial charge in [0, 0.05) is 24.7 Å². The third kappa shape index (κ3) is 5.72. The second kappa shape index (κ2) is 8.31. The fourth-order valence-corrected chi connectivity index (χ4v) is 2.33. The van der Waals surface area contributed by atoms with Crippen molar-refractivity contribution >= 4 is 0 Å². The molecule has 0 heterocycles. The van der Waals surface area contributed by atoms with Crippen molar-refractivity contribution in [1.82, 2.24) is 5.32 Å². The van der Waals surface area contributed by atoms with Gasteiger partial charge in [-0.3, -0.25) is 0 Å². The summed E-state index contributed by atoms with van der Waals surface area (Å²) in [6, 6.07) is 10.8. The van der Waals surface area contributed by atoms with Crippen LogP contribution in [0.3, 0.4) is 0 Å². The average Bonchev–Trinajstić information content (AvgIpc) is 2.46. The van der Waals surface area contributed by atoms with Gasteiger partial charge in [0.1, 0.15) is 0 Å². The Morgan fingerprint density at radius 3 is 2.53 bits per heavy atom. The molecule has 1 rings (SSSR count). The number of benzene rings is 1. The van der Waals surface area contributed by atoms with Crippen molar-refractivity contribution in [3.05, 3.63) is 35.9 Å². The van der Waals surface area contributed by atoms with Crippen molar-refractivity contribution in [2.75, 3.05) is 13.2 Å². The molecule has 2 atom stereocenters. The van der Waals surface area contributed by atoms with Crippen LogP contribution >= 0.6 is 0 Å². The molecule has 2 unspecified atom stereocenters. The molecule has 19 heavy (non-hydrogen) atoms. The molecule has 3 heteroatoms. The van der Waals surface area contributed by atoms with E-state index in [0.29, 0.717) is 12.6 Å². The summed E-state index contributed by atoms with van der Waals surface area (Å²) >= 11 is 0. The van der Waals surface area contributed by atoms with Gasteiger partial charge in [-0.25, -0.2) is 0 Å². The van der Waals surface area contributed by atoms with Crippen LogP contribution in [0.2, 0.25) is 0 Å². The highest BCUT2D eigenvalue weighted by Gasteiger charge is 2.24. The van der Waals surface area contributed by atoms with Gasteiger partial charge in [-0.1, -0.05) is 37.3 Å². The third-order valence-corrected chi connectivity index (χ3v) is 3.78. The molecule has 1 aromatic rings. The van der Waals surface area contributed by atoms with E-state index in [1.807, 2.05) is 6.07 Å². The largest absolute Gasteiger partial charge is 0.396 e. The summed E-state index contributed by atoms with van der Waals surface area (Å²) in [5.41, 5.74) is 7.23. The van der Waals surface area contributed by atoms with Crippen LogP contribution in [0, 0.1) is 0 Å². The van der Waals surface area contributed by atoms with Gasteiger partial charge in [0.25, 0.3) is 0 Å². The Morgan fingerprint density at radius 1 is 1.32 bits per heavy atom. The molecule has 3 nitrogen and oxygen atoms in total. The highest BCUT2D eigenvalue weighted by Crippen LogP contribution is 2.15. The monoisotopic (exact) mass is 264 g/mol. The Morgan fingerprint density at radius 2 is 2.00 bits per heavy atom. The van der Waals surface area contributed by atoms with E-state index in [9.17, 15) is 0 Å². The Kier molecular flexibility index (Phi) is 7.06. The second-order valence-corrected chi connectivity index (χ2v) is 5.51. The van der Waals surface area contributed by atoms with Crippen LogP contribution < -0.4 is 11.1 Å². The molecular weight excluding hydrogens is 236 g/mol. The zero-order valence-electron chi connectivity index (χ0n) is 12.2. The van der Waals surface area contributed by atoms with Crippen LogP contribution in [0.1, 0.15) is 38.7 Å². The molecule has 0 aliphatic carbocycles. The number of nitrogens with one attached hydrogen (secondary N) is 1. The summed E-state index contributed by atoms with van der Waals surface area (Å²) in [6.07, 6.45) is 3.84. The quantitative estimate of drug-likeness (QED) is 0.640. The number of aryl methyl sites for hydroxylation is 1. The minimum Gasteiger partial charge on any atom is -0.396 e. The zero-order chi connectivity index (χ0) is 14.1. The Bertz CT molecular complexity index is 342. The first kappa shape index (κ1) is 16.2. The van der Waals surface area contributed by atoms with Gasteiger partial charge in [-0.15, -0.1) is 0 Å². The SMILES string of the molecule is CCC(CCO)NC(C)(CN)CCc1ccccc1. The van der Waals surface area contributed by atoms with Gasteiger partial charge in [-0.05, 0) is 38.2 Å². The molecule has 0 aliphatic rings. The van der Waals surface area contributed by atoms with Crippen molar-refractivity contribution in [1.29, 1.82) is 0 Å². The summed E-state index contributed by atoms with van der Waals surface area (Å²) in [6.45, 7) is 5.16. The average molecular weight is 264 g/mol. The maximum absolute atomic E-state index is 9.07. The van der Waals surface area contributed by atoms with Gasteiger partial charge in [-0.2, -0.15) is 0 Å². The topological polar surface area (TPSA) is 58.3 Å². The second-order valence-electron chi connectivity index (χ2n) is 5.51. The van der Waals surface area contributed by atoms with Crippen molar-refractivity contribution in [2.24, 2.45) is 5.73 Å². The van der Waals surface area contributed by atoms with E-state index in [1.54, 1.807) is 0 Å². The Balaban J connectivity index is 2.54. The standard InChI is InChI=1S/C16H28N2O/c1-3-15(10-12-19)18-16(2,13-17)11-9-14-7-5-4-6-8-14/h4-8,15,18-19H,3,9-13,17H2,1-2H3. The van der Waals surface area contributed by atoms with Gasteiger partial charge in [0.2, 0.25) is 0 Å². The predicted octanol–water partition coefficient (Wildman–Crippen LogP) is 2.09. The lowest BCUT2D eigenvalue weighted by Gasteiger charge is -2.34. The van der Waals surface area contributed by atoms with E-state index in [-0.39, 0.29) is 12.1 Å². The Labute approximate surface area is 117 Å². The third-order valence-electron chi connectivity index (χ3n) is 3.78. The summed E-state index contributed by atoms with van der Waals surface area (Å²) in [4.78, 5) is 0. The fraction of sp³-hybridized carbons (Fsp3) is 0.625. The van der Waals surface area contributed by atoms with Crippen molar-refractivity contribution in [3.8, 4) is 0 Å². The van der Waals surface area contributed by atoms with Gasteiger partial charge >= 0.3 is 0 Å². The summed E-state index contributed by atoms with van der Waals surface area (Å²) < 4.78 is 0. The number of rotatable bonds is 9. The van der Waals surface area contributed by atoms with E-state index in [2.05, 4.69) is 43.4 Å². The van der Waals surface area contributed by atoms with E-state index < -0.39 is 0 Å². The normalized spacial score (nSPS) is 16.0. The van der Waals surface area contributed by atoms with Gasteiger partial charge < -0.3 is 16.2 Å². The lowest BCUT2D eigenvalue weighted by Crippen LogP contribution is -2.53. The number of hydrogen-bond donors (Lipinski definition) is 3. The fourth-order valence-electron chi connectivity index (χ4n) is 2.33. The molecule has 0 saturated carbocycles. The van der Waals surface area contributed by atoms with Crippen LogP contribution in [0.4, 0.5) is 0 Å². The number of nitrogens with two attached hydrogens (primary N) is 1. The molecule has 0 radical (unpaired) electrons. The smallest absolute Gasteiger partial charge is 0.0445 e. The molecule has 108 valence electrons. The van der Waals surface area contributed by atoms with Crippen molar-refractivity contribution in [3.63, 3.8) is 0 Å². The highest BCUT2D eigenvalue weighted by molar-refractivity contribution is 5.15. The molecule has 0 amide bonds. The zero-order valence-corrected chi connectivity index (χ0v) is 12.2. The first-order chi connectivity index (χ1) is 9.13. The van der Waals surface area contributed by atoms with E-state index >= 15 is 0 Å². The maximum atomic E-state index is 9.07. The molecule has 0 bridgehead atoms. The van der Waals surface area contributed by atoms with E-state index in [1.165, 1.54) is 5.56 Å². The van der Waals surface area contributed by atoms with Gasteiger partial charge in [0.15, 0.2) is 0 Å². The number of aliphatic hydroxyl groups excluding tert-OH is 1. The van der Waals surface area contributed by atoms with E-state index in [4.69, 9.17) is 10.8 Å².